The topological polar surface area (TPSA) is 106 Å². The number of amidine groups is 1. The molecular weight excluding hydrogens is 246 g/mol. The van der Waals surface area contributed by atoms with Crippen molar-refractivity contribution in [1.82, 2.24) is 9.78 Å². The van der Waals surface area contributed by atoms with E-state index in [9.17, 15) is 4.79 Å². The van der Waals surface area contributed by atoms with Crippen LogP contribution >= 0.6 is 0 Å². The Labute approximate surface area is 112 Å². The fourth-order valence-corrected chi connectivity index (χ4v) is 1.73. The Balaban J connectivity index is 3.01. The lowest BCUT2D eigenvalue weighted by molar-refractivity contribution is -0.121. The van der Waals surface area contributed by atoms with Crippen LogP contribution in [0.5, 0.6) is 0 Å². The maximum absolute atomic E-state index is 12.3. The molecule has 19 heavy (non-hydrogen) atoms. The molecule has 1 rings (SSSR count). The van der Waals surface area contributed by atoms with Crippen LogP contribution in [-0.2, 0) is 18.3 Å². The monoisotopic (exact) mass is 267 g/mol. The molecule has 4 N–H and O–H groups in total. The van der Waals surface area contributed by atoms with E-state index in [4.69, 9.17) is 10.9 Å². The molecule has 1 atom stereocenters. The molecule has 0 aliphatic carbocycles. The Bertz CT molecular complexity index is 494. The number of amides is 1. The first-order valence-electron chi connectivity index (χ1n) is 6.21. The van der Waals surface area contributed by atoms with E-state index in [1.165, 1.54) is 0 Å². The number of aryl methyl sites for hydroxylation is 2. The zero-order valence-electron chi connectivity index (χ0n) is 11.8. The van der Waals surface area contributed by atoms with Crippen LogP contribution in [0.15, 0.2) is 11.4 Å². The highest BCUT2D eigenvalue weighted by atomic mass is 16.4. The van der Waals surface area contributed by atoms with Gasteiger partial charge in [0, 0.05) is 13.2 Å². The fraction of sp³-hybridized carbons (Fsp3) is 0.583. The van der Waals surface area contributed by atoms with Gasteiger partial charge in [-0.05, 0) is 19.8 Å². The average Bonchev–Trinajstić information content (AvgIpc) is 2.76. The Morgan fingerprint density at radius 1 is 1.63 bits per heavy atom. The van der Waals surface area contributed by atoms with Crippen LogP contribution in [0.1, 0.15) is 32.9 Å². The van der Waals surface area contributed by atoms with Crippen molar-refractivity contribution in [2.75, 3.05) is 5.32 Å². The first-order valence-corrected chi connectivity index (χ1v) is 6.21. The summed E-state index contributed by atoms with van der Waals surface area (Å²) in [4.78, 5) is 12.3. The first-order chi connectivity index (χ1) is 8.88. The molecule has 0 fully saturated rings. The van der Waals surface area contributed by atoms with Gasteiger partial charge in [-0.15, -0.1) is 0 Å². The Morgan fingerprint density at radius 3 is 2.74 bits per heavy atom. The minimum absolute atomic E-state index is 0.102. The van der Waals surface area contributed by atoms with Gasteiger partial charge in [0.1, 0.15) is 5.41 Å². The van der Waals surface area contributed by atoms with E-state index in [-0.39, 0.29) is 11.7 Å². The van der Waals surface area contributed by atoms with Crippen LogP contribution in [0.3, 0.4) is 0 Å². The summed E-state index contributed by atoms with van der Waals surface area (Å²) in [6.45, 7) is 5.40. The van der Waals surface area contributed by atoms with E-state index in [0.717, 1.165) is 5.69 Å². The first kappa shape index (κ1) is 15.0. The lowest BCUT2D eigenvalue weighted by Crippen LogP contribution is -2.44. The normalized spacial score (nSPS) is 15.1. The number of nitrogens with zero attached hydrogens (tertiary/aromatic N) is 3. The Morgan fingerprint density at radius 2 is 2.26 bits per heavy atom. The molecule has 0 saturated carbocycles. The van der Waals surface area contributed by atoms with E-state index in [0.29, 0.717) is 18.5 Å². The standard InChI is InChI=1S/C12H21N5O2/c1-5-8-9(7-17(4)15-8)14-11(18)12(3,6-2)10(13)16-19/h7,19H,5-6H2,1-4H3,(H2,13,16)(H,14,18). The van der Waals surface area contributed by atoms with Crippen molar-refractivity contribution in [3.05, 3.63) is 11.9 Å². The van der Waals surface area contributed by atoms with Crippen molar-refractivity contribution >= 4 is 17.4 Å². The van der Waals surface area contributed by atoms with Gasteiger partial charge in [0.25, 0.3) is 0 Å². The van der Waals surface area contributed by atoms with Gasteiger partial charge in [0.15, 0.2) is 5.84 Å². The van der Waals surface area contributed by atoms with Gasteiger partial charge in [0.2, 0.25) is 5.91 Å². The largest absolute Gasteiger partial charge is 0.409 e. The lowest BCUT2D eigenvalue weighted by atomic mass is 9.85. The molecule has 0 saturated heterocycles. The summed E-state index contributed by atoms with van der Waals surface area (Å²) in [6.07, 6.45) is 2.87. The Kier molecular flexibility index (Phi) is 4.52. The zero-order valence-corrected chi connectivity index (χ0v) is 11.8. The molecule has 0 spiro atoms. The summed E-state index contributed by atoms with van der Waals surface area (Å²) >= 11 is 0. The SMILES string of the molecule is CCc1nn(C)cc1NC(=O)C(C)(CC)/C(N)=N/O. The third kappa shape index (κ3) is 2.86. The summed E-state index contributed by atoms with van der Waals surface area (Å²) in [5, 5.41) is 18.8. The summed E-state index contributed by atoms with van der Waals surface area (Å²) < 4.78 is 1.64. The molecule has 1 aromatic rings. The molecule has 7 heteroatoms. The number of carbonyl (C=O) groups excluding carboxylic acids is 1. The maximum Gasteiger partial charge on any atom is 0.238 e. The number of rotatable bonds is 5. The number of anilines is 1. The van der Waals surface area contributed by atoms with Crippen molar-refractivity contribution in [2.24, 2.45) is 23.4 Å². The quantitative estimate of drug-likeness (QED) is 0.321. The molecule has 1 aromatic heterocycles. The second-order valence-electron chi connectivity index (χ2n) is 4.64. The molecule has 0 aromatic carbocycles. The summed E-state index contributed by atoms with van der Waals surface area (Å²) in [5.74, 6) is -0.414. The van der Waals surface area contributed by atoms with E-state index < -0.39 is 5.41 Å². The number of nitrogens with two attached hydrogens (primary N) is 1. The molecule has 0 bridgehead atoms. The van der Waals surface area contributed by atoms with Gasteiger partial charge in [-0.25, -0.2) is 0 Å². The van der Waals surface area contributed by atoms with Crippen molar-refractivity contribution < 1.29 is 10.0 Å². The van der Waals surface area contributed by atoms with Gasteiger partial charge < -0.3 is 16.3 Å². The summed E-state index contributed by atoms with van der Waals surface area (Å²) in [5.41, 5.74) is 6.02. The number of nitrogens with one attached hydrogen (secondary N) is 1. The molecule has 1 unspecified atom stereocenters. The third-order valence-electron chi connectivity index (χ3n) is 3.37. The highest BCUT2D eigenvalue weighted by Crippen LogP contribution is 2.25. The number of oxime groups is 1. The van der Waals surface area contributed by atoms with Gasteiger partial charge in [0.05, 0.1) is 11.4 Å². The van der Waals surface area contributed by atoms with Crippen LogP contribution in [0.4, 0.5) is 5.69 Å². The minimum Gasteiger partial charge on any atom is -0.409 e. The zero-order chi connectivity index (χ0) is 14.6. The molecule has 0 aliphatic rings. The molecule has 0 radical (unpaired) electrons. The van der Waals surface area contributed by atoms with E-state index in [1.807, 2.05) is 13.8 Å². The van der Waals surface area contributed by atoms with Crippen molar-refractivity contribution in [1.29, 1.82) is 0 Å². The minimum atomic E-state index is -1.05. The van der Waals surface area contributed by atoms with Crippen LogP contribution in [0.25, 0.3) is 0 Å². The molecule has 106 valence electrons. The Hall–Kier alpha value is -2.05. The van der Waals surface area contributed by atoms with Crippen LogP contribution < -0.4 is 11.1 Å². The molecule has 7 nitrogen and oxygen atoms in total. The van der Waals surface area contributed by atoms with Crippen LogP contribution in [0, 0.1) is 5.41 Å². The summed E-state index contributed by atoms with van der Waals surface area (Å²) in [7, 11) is 1.79. The number of hydrogen-bond donors (Lipinski definition) is 3. The van der Waals surface area contributed by atoms with Crippen molar-refractivity contribution in [3.63, 3.8) is 0 Å². The van der Waals surface area contributed by atoms with Crippen LogP contribution in [-0.4, -0.2) is 26.7 Å². The second-order valence-corrected chi connectivity index (χ2v) is 4.64. The average molecular weight is 267 g/mol. The van der Waals surface area contributed by atoms with Gasteiger partial charge >= 0.3 is 0 Å². The highest BCUT2D eigenvalue weighted by Gasteiger charge is 2.36. The number of aromatic nitrogens is 2. The lowest BCUT2D eigenvalue weighted by Gasteiger charge is -2.25. The molecule has 0 aliphatic heterocycles. The fourth-order valence-electron chi connectivity index (χ4n) is 1.73. The van der Waals surface area contributed by atoms with E-state index in [1.54, 1.807) is 24.9 Å². The van der Waals surface area contributed by atoms with Gasteiger partial charge in [-0.1, -0.05) is 19.0 Å². The smallest absolute Gasteiger partial charge is 0.238 e. The number of carbonyl (C=O) groups is 1. The molecular formula is C12H21N5O2. The predicted octanol–water partition coefficient (Wildman–Crippen LogP) is 1.08. The molecule has 1 amide bonds. The van der Waals surface area contributed by atoms with E-state index in [2.05, 4.69) is 15.6 Å². The maximum atomic E-state index is 12.3. The van der Waals surface area contributed by atoms with E-state index >= 15 is 0 Å². The van der Waals surface area contributed by atoms with Crippen molar-refractivity contribution in [3.8, 4) is 0 Å². The summed E-state index contributed by atoms with van der Waals surface area (Å²) in [6, 6.07) is 0. The second kappa shape index (κ2) is 5.73. The van der Waals surface area contributed by atoms with Gasteiger partial charge in [-0.2, -0.15) is 5.10 Å². The highest BCUT2D eigenvalue weighted by molar-refractivity contribution is 6.11. The third-order valence-corrected chi connectivity index (χ3v) is 3.37. The van der Waals surface area contributed by atoms with Crippen LogP contribution in [0.2, 0.25) is 0 Å². The number of hydrogen-bond acceptors (Lipinski definition) is 4. The van der Waals surface area contributed by atoms with Gasteiger partial charge in [-0.3, -0.25) is 9.48 Å². The van der Waals surface area contributed by atoms with Crippen molar-refractivity contribution in [2.45, 2.75) is 33.6 Å². The molecule has 1 heterocycles. The predicted molar refractivity (Wildman–Crippen MR) is 73.0 cm³/mol.